The fourth-order valence-corrected chi connectivity index (χ4v) is 2.04. The molecule has 0 amide bonds. The lowest BCUT2D eigenvalue weighted by molar-refractivity contribution is 0.256. The number of fused-ring (bicyclic) bond motifs is 1. The number of aromatic nitrogens is 1. The number of oxazole rings is 1. The smallest absolute Gasteiger partial charge is 0.181 e. The van der Waals surface area contributed by atoms with Crippen molar-refractivity contribution in [2.45, 2.75) is 0 Å². The monoisotopic (exact) mass is 232 g/mol. The molecule has 0 atom stereocenters. The predicted molar refractivity (Wildman–Crippen MR) is 66.9 cm³/mol. The molecule has 90 valence electrons. The molecule has 0 aliphatic carbocycles. The Bertz CT molecular complexity index is 490. The zero-order valence-corrected chi connectivity index (χ0v) is 9.65. The molecule has 3 rings (SSSR count). The Morgan fingerprint density at radius 2 is 2.24 bits per heavy atom. The highest BCUT2D eigenvalue weighted by Gasteiger charge is 2.08. The van der Waals surface area contributed by atoms with Gasteiger partial charge in [-0.25, -0.2) is 4.98 Å². The first-order valence-electron chi connectivity index (χ1n) is 5.92. The molecule has 0 unspecified atom stereocenters. The molecule has 1 saturated heterocycles. The highest BCUT2D eigenvalue weighted by Crippen LogP contribution is 2.17. The van der Waals surface area contributed by atoms with Crippen LogP contribution in [0.2, 0.25) is 0 Å². The van der Waals surface area contributed by atoms with Crippen LogP contribution in [0.4, 0.5) is 5.69 Å². The van der Waals surface area contributed by atoms with Gasteiger partial charge in [0.2, 0.25) is 0 Å². The first kappa shape index (κ1) is 10.6. The number of rotatable bonds is 3. The molecule has 17 heavy (non-hydrogen) atoms. The maximum atomic E-state index is 5.28. The SMILES string of the molecule is c1nc2ccc(NCN3CCNCC3)cc2o1. The Morgan fingerprint density at radius 3 is 3.12 bits per heavy atom. The Balaban J connectivity index is 1.63. The van der Waals surface area contributed by atoms with Gasteiger partial charge in [0.15, 0.2) is 12.0 Å². The molecule has 1 aromatic heterocycles. The van der Waals surface area contributed by atoms with E-state index in [1.54, 1.807) is 0 Å². The maximum absolute atomic E-state index is 5.28. The number of hydrogen-bond acceptors (Lipinski definition) is 5. The van der Waals surface area contributed by atoms with Crippen LogP contribution in [0.5, 0.6) is 0 Å². The fraction of sp³-hybridized carbons (Fsp3) is 0.417. The van der Waals surface area contributed by atoms with Crippen molar-refractivity contribution in [1.29, 1.82) is 0 Å². The minimum absolute atomic E-state index is 0.829. The molecule has 2 aromatic rings. The van der Waals surface area contributed by atoms with Crippen molar-refractivity contribution in [2.75, 3.05) is 38.2 Å². The van der Waals surface area contributed by atoms with Gasteiger partial charge in [-0.3, -0.25) is 4.90 Å². The molecule has 2 heterocycles. The van der Waals surface area contributed by atoms with Gasteiger partial charge >= 0.3 is 0 Å². The van der Waals surface area contributed by atoms with Crippen LogP contribution in [0.25, 0.3) is 11.1 Å². The van der Waals surface area contributed by atoms with E-state index in [9.17, 15) is 0 Å². The molecular weight excluding hydrogens is 216 g/mol. The van der Waals surface area contributed by atoms with Gasteiger partial charge in [-0.2, -0.15) is 0 Å². The van der Waals surface area contributed by atoms with E-state index < -0.39 is 0 Å². The molecule has 0 bridgehead atoms. The van der Waals surface area contributed by atoms with E-state index in [1.807, 2.05) is 18.2 Å². The molecule has 0 spiro atoms. The van der Waals surface area contributed by atoms with Crippen molar-refractivity contribution in [3.05, 3.63) is 24.6 Å². The second-order valence-electron chi connectivity index (χ2n) is 4.24. The number of piperazine rings is 1. The third kappa shape index (κ3) is 2.40. The van der Waals surface area contributed by atoms with Crippen molar-refractivity contribution in [3.8, 4) is 0 Å². The van der Waals surface area contributed by atoms with Crippen LogP contribution >= 0.6 is 0 Å². The van der Waals surface area contributed by atoms with E-state index >= 15 is 0 Å². The van der Waals surface area contributed by atoms with Crippen molar-refractivity contribution >= 4 is 16.8 Å². The molecule has 2 N–H and O–H groups in total. The largest absolute Gasteiger partial charge is 0.443 e. The van der Waals surface area contributed by atoms with Gasteiger partial charge in [-0.1, -0.05) is 0 Å². The molecular formula is C12H16N4O. The third-order valence-electron chi connectivity index (χ3n) is 3.05. The average molecular weight is 232 g/mol. The number of nitrogens with zero attached hydrogens (tertiary/aromatic N) is 2. The summed E-state index contributed by atoms with van der Waals surface area (Å²) in [4.78, 5) is 6.49. The quantitative estimate of drug-likeness (QED) is 0.830. The fourth-order valence-electron chi connectivity index (χ4n) is 2.04. The van der Waals surface area contributed by atoms with Gasteiger partial charge < -0.3 is 15.1 Å². The zero-order valence-electron chi connectivity index (χ0n) is 9.65. The lowest BCUT2D eigenvalue weighted by Gasteiger charge is -2.27. The first-order chi connectivity index (χ1) is 8.42. The second kappa shape index (κ2) is 4.73. The number of hydrogen-bond donors (Lipinski definition) is 2. The topological polar surface area (TPSA) is 53.3 Å². The van der Waals surface area contributed by atoms with E-state index in [0.717, 1.165) is 49.6 Å². The van der Waals surface area contributed by atoms with Gasteiger partial charge in [0.25, 0.3) is 0 Å². The highest BCUT2D eigenvalue weighted by molar-refractivity contribution is 5.76. The van der Waals surface area contributed by atoms with Crippen molar-refractivity contribution in [3.63, 3.8) is 0 Å². The van der Waals surface area contributed by atoms with Crippen LogP contribution < -0.4 is 10.6 Å². The minimum Gasteiger partial charge on any atom is -0.443 e. The standard InChI is InChI=1S/C12H16N4O/c1-2-11-12(17-9-15-11)7-10(1)14-8-16-5-3-13-4-6-16/h1-2,7,9,13-14H,3-6,8H2. The summed E-state index contributed by atoms with van der Waals surface area (Å²) in [6.45, 7) is 5.21. The lowest BCUT2D eigenvalue weighted by Crippen LogP contribution is -2.45. The normalized spacial score (nSPS) is 17.4. The summed E-state index contributed by atoms with van der Waals surface area (Å²) >= 11 is 0. The van der Waals surface area contributed by atoms with Crippen LogP contribution in [-0.2, 0) is 0 Å². The summed E-state index contributed by atoms with van der Waals surface area (Å²) < 4.78 is 5.28. The third-order valence-corrected chi connectivity index (χ3v) is 3.05. The molecule has 5 heteroatoms. The Labute approximate surface area is 99.8 Å². The van der Waals surface area contributed by atoms with Crippen LogP contribution in [0.1, 0.15) is 0 Å². The van der Waals surface area contributed by atoms with Crippen molar-refractivity contribution in [2.24, 2.45) is 0 Å². The number of benzene rings is 1. The molecule has 0 radical (unpaired) electrons. The maximum Gasteiger partial charge on any atom is 0.181 e. The molecule has 0 saturated carbocycles. The van der Waals surface area contributed by atoms with Crippen molar-refractivity contribution < 1.29 is 4.42 Å². The second-order valence-corrected chi connectivity index (χ2v) is 4.24. The van der Waals surface area contributed by atoms with Crippen LogP contribution in [0.3, 0.4) is 0 Å². The van der Waals surface area contributed by atoms with Gasteiger partial charge in [0, 0.05) is 37.9 Å². The Kier molecular flexibility index (Phi) is 2.94. The van der Waals surface area contributed by atoms with E-state index in [-0.39, 0.29) is 0 Å². The molecule has 1 fully saturated rings. The van der Waals surface area contributed by atoms with Crippen LogP contribution in [-0.4, -0.2) is 42.7 Å². The van der Waals surface area contributed by atoms with E-state index in [1.165, 1.54) is 6.39 Å². The van der Waals surface area contributed by atoms with E-state index in [0.29, 0.717) is 0 Å². The zero-order chi connectivity index (χ0) is 11.5. The number of anilines is 1. The van der Waals surface area contributed by atoms with Gasteiger partial charge in [0.1, 0.15) is 5.52 Å². The van der Waals surface area contributed by atoms with Gasteiger partial charge in [-0.15, -0.1) is 0 Å². The minimum atomic E-state index is 0.829. The molecule has 1 aromatic carbocycles. The van der Waals surface area contributed by atoms with E-state index in [2.05, 4.69) is 20.5 Å². The lowest BCUT2D eigenvalue weighted by atomic mass is 10.3. The summed E-state index contributed by atoms with van der Waals surface area (Å²) in [5, 5.41) is 6.75. The van der Waals surface area contributed by atoms with Gasteiger partial charge in [-0.05, 0) is 12.1 Å². The van der Waals surface area contributed by atoms with Crippen LogP contribution in [0, 0.1) is 0 Å². The van der Waals surface area contributed by atoms with Crippen LogP contribution in [0.15, 0.2) is 29.0 Å². The number of nitrogens with one attached hydrogen (secondary N) is 2. The summed E-state index contributed by atoms with van der Waals surface area (Å²) in [5.74, 6) is 0. The highest BCUT2D eigenvalue weighted by atomic mass is 16.3. The summed E-state index contributed by atoms with van der Waals surface area (Å²) in [6, 6.07) is 6.00. The first-order valence-corrected chi connectivity index (χ1v) is 5.92. The molecule has 1 aliphatic rings. The van der Waals surface area contributed by atoms with Gasteiger partial charge in [0.05, 0.1) is 6.67 Å². The predicted octanol–water partition coefficient (Wildman–Crippen LogP) is 1.10. The summed E-state index contributed by atoms with van der Waals surface area (Å²) in [6.07, 6.45) is 1.48. The Hall–Kier alpha value is -1.59. The molecule has 1 aliphatic heterocycles. The van der Waals surface area contributed by atoms with Crippen molar-refractivity contribution in [1.82, 2.24) is 15.2 Å². The summed E-state index contributed by atoms with van der Waals surface area (Å²) in [5.41, 5.74) is 2.81. The van der Waals surface area contributed by atoms with E-state index in [4.69, 9.17) is 4.42 Å². The molecule has 5 nitrogen and oxygen atoms in total. The summed E-state index contributed by atoms with van der Waals surface area (Å²) in [7, 11) is 0. The Morgan fingerprint density at radius 1 is 1.35 bits per heavy atom. The average Bonchev–Trinajstić information content (AvgIpc) is 2.85.